The minimum absolute atomic E-state index is 0.0347. The van der Waals surface area contributed by atoms with Crippen LogP contribution in [0.5, 0.6) is 0 Å². The summed E-state index contributed by atoms with van der Waals surface area (Å²) in [5.41, 5.74) is 3.37. The molecule has 0 unspecified atom stereocenters. The number of carbonyl (C=O) groups is 1. The van der Waals surface area contributed by atoms with Gasteiger partial charge in [-0.1, -0.05) is 23.7 Å². The number of H-pyrrole nitrogens is 1. The van der Waals surface area contributed by atoms with Crippen molar-refractivity contribution in [1.82, 2.24) is 19.9 Å². The molecule has 114 valence electrons. The Morgan fingerprint density at radius 2 is 2.09 bits per heavy atom. The van der Waals surface area contributed by atoms with E-state index in [1.807, 2.05) is 18.2 Å². The van der Waals surface area contributed by atoms with Crippen molar-refractivity contribution < 1.29 is 4.79 Å². The molecule has 4 rings (SSSR count). The predicted molar refractivity (Wildman–Crippen MR) is 86.8 cm³/mol. The van der Waals surface area contributed by atoms with Gasteiger partial charge < -0.3 is 9.88 Å². The Hall–Kier alpha value is -2.66. The Kier molecular flexibility index (Phi) is 3.35. The minimum Gasteiger partial charge on any atom is -0.343 e. The molecule has 23 heavy (non-hydrogen) atoms. The summed E-state index contributed by atoms with van der Waals surface area (Å²) in [5.74, 6) is 0.611. The summed E-state index contributed by atoms with van der Waals surface area (Å²) in [5, 5.41) is 0.712. The number of carbonyl (C=O) groups excluding carboxylic acids is 1. The summed E-state index contributed by atoms with van der Waals surface area (Å²) in [6.07, 6.45) is 5.01. The molecular formula is C17H13ClN4O. The Bertz CT molecular complexity index is 876. The van der Waals surface area contributed by atoms with E-state index in [-0.39, 0.29) is 5.91 Å². The predicted octanol–water partition coefficient (Wildman–Crippen LogP) is 3.28. The summed E-state index contributed by atoms with van der Waals surface area (Å²) in [6.45, 7) is 1.11. The zero-order chi connectivity index (χ0) is 15.8. The average Bonchev–Trinajstić information content (AvgIpc) is 3.24. The molecule has 1 aliphatic heterocycles. The second kappa shape index (κ2) is 5.52. The topological polar surface area (TPSA) is 61.9 Å². The van der Waals surface area contributed by atoms with Crippen LogP contribution < -0.4 is 0 Å². The van der Waals surface area contributed by atoms with Crippen molar-refractivity contribution in [3.05, 3.63) is 70.6 Å². The molecule has 3 aromatic rings. The van der Waals surface area contributed by atoms with Crippen LogP contribution in [0.1, 0.15) is 21.5 Å². The summed E-state index contributed by atoms with van der Waals surface area (Å²) in [7, 11) is 0. The number of nitrogens with one attached hydrogen (secondary N) is 1. The van der Waals surface area contributed by atoms with Gasteiger partial charge in [0.15, 0.2) is 5.82 Å². The molecule has 0 saturated carbocycles. The molecule has 1 amide bonds. The largest absolute Gasteiger partial charge is 0.343 e. The Morgan fingerprint density at radius 1 is 1.17 bits per heavy atom. The van der Waals surface area contributed by atoms with Crippen molar-refractivity contribution in [3.63, 3.8) is 0 Å². The summed E-state index contributed by atoms with van der Waals surface area (Å²) in [4.78, 5) is 26.0. The van der Waals surface area contributed by atoms with Crippen LogP contribution in [0.4, 0.5) is 0 Å². The van der Waals surface area contributed by atoms with Crippen molar-refractivity contribution in [1.29, 1.82) is 0 Å². The molecule has 0 radical (unpaired) electrons. The summed E-state index contributed by atoms with van der Waals surface area (Å²) < 4.78 is 0. The van der Waals surface area contributed by atoms with Gasteiger partial charge in [0.05, 0.1) is 0 Å². The van der Waals surface area contributed by atoms with Gasteiger partial charge in [-0.15, -0.1) is 0 Å². The number of aromatic nitrogens is 3. The van der Waals surface area contributed by atoms with E-state index in [0.29, 0.717) is 35.2 Å². The van der Waals surface area contributed by atoms with Crippen molar-refractivity contribution in [2.45, 2.75) is 13.1 Å². The first-order valence-electron chi connectivity index (χ1n) is 7.24. The maximum absolute atomic E-state index is 12.8. The number of imidazole rings is 1. The first-order valence-corrected chi connectivity index (χ1v) is 7.61. The highest BCUT2D eigenvalue weighted by atomic mass is 35.5. The second-order valence-electron chi connectivity index (χ2n) is 5.41. The molecule has 0 saturated heterocycles. The quantitative estimate of drug-likeness (QED) is 0.787. The van der Waals surface area contributed by atoms with E-state index in [0.717, 1.165) is 11.1 Å². The van der Waals surface area contributed by atoms with Gasteiger partial charge >= 0.3 is 0 Å². The Balaban J connectivity index is 1.62. The number of rotatable bonds is 2. The smallest absolute Gasteiger partial charge is 0.254 e. The molecule has 1 aliphatic rings. The lowest BCUT2D eigenvalue weighted by Crippen LogP contribution is -2.25. The molecule has 3 heterocycles. The molecular weight excluding hydrogens is 312 g/mol. The van der Waals surface area contributed by atoms with Gasteiger partial charge in [0.25, 0.3) is 5.91 Å². The second-order valence-corrected chi connectivity index (χ2v) is 5.81. The zero-order valence-electron chi connectivity index (χ0n) is 12.2. The van der Waals surface area contributed by atoms with Gasteiger partial charge in [-0.05, 0) is 29.3 Å². The fourth-order valence-electron chi connectivity index (χ4n) is 2.81. The summed E-state index contributed by atoms with van der Waals surface area (Å²) in [6, 6.07) is 9.26. The van der Waals surface area contributed by atoms with Crippen LogP contribution in [-0.2, 0) is 13.1 Å². The minimum atomic E-state index is -0.0347. The number of halogens is 1. The lowest BCUT2D eigenvalue weighted by molar-refractivity contribution is 0.0751. The van der Waals surface area contributed by atoms with Crippen molar-refractivity contribution in [3.8, 4) is 11.5 Å². The van der Waals surface area contributed by atoms with Gasteiger partial charge in [0, 0.05) is 42.3 Å². The van der Waals surface area contributed by atoms with E-state index in [2.05, 4.69) is 15.0 Å². The number of hydrogen-bond acceptors (Lipinski definition) is 3. The highest BCUT2D eigenvalue weighted by Gasteiger charge is 2.26. The number of pyridine rings is 1. The third kappa shape index (κ3) is 2.49. The molecule has 2 aromatic heterocycles. The lowest BCUT2D eigenvalue weighted by atomic mass is 10.1. The number of nitrogens with zero attached hydrogens (tertiary/aromatic N) is 3. The number of benzene rings is 1. The van der Waals surface area contributed by atoms with Crippen LogP contribution in [0.3, 0.4) is 0 Å². The standard InChI is InChI=1S/C17H13ClN4O/c18-14-3-1-2-12-9-22(10-13(12)14)17(23)11-4-5-19-15(8-11)16-20-6-7-21-16/h1-8H,9-10H2,(H,20,21). The average molecular weight is 325 g/mol. The lowest BCUT2D eigenvalue weighted by Gasteiger charge is -2.15. The Morgan fingerprint density at radius 3 is 2.87 bits per heavy atom. The maximum atomic E-state index is 12.8. The third-order valence-electron chi connectivity index (χ3n) is 3.96. The molecule has 0 spiro atoms. The zero-order valence-corrected chi connectivity index (χ0v) is 12.9. The van der Waals surface area contributed by atoms with E-state index in [1.165, 1.54) is 0 Å². The molecule has 0 aliphatic carbocycles. The van der Waals surface area contributed by atoms with E-state index in [9.17, 15) is 4.79 Å². The third-order valence-corrected chi connectivity index (χ3v) is 4.32. The van der Waals surface area contributed by atoms with Crippen LogP contribution in [0, 0.1) is 0 Å². The van der Waals surface area contributed by atoms with E-state index >= 15 is 0 Å². The van der Waals surface area contributed by atoms with Crippen LogP contribution in [0.2, 0.25) is 5.02 Å². The van der Waals surface area contributed by atoms with Crippen molar-refractivity contribution in [2.24, 2.45) is 0 Å². The highest BCUT2D eigenvalue weighted by molar-refractivity contribution is 6.31. The molecule has 0 fully saturated rings. The first-order chi connectivity index (χ1) is 11.2. The number of amides is 1. The molecule has 6 heteroatoms. The van der Waals surface area contributed by atoms with Crippen LogP contribution in [0.25, 0.3) is 11.5 Å². The van der Waals surface area contributed by atoms with E-state index in [4.69, 9.17) is 11.6 Å². The van der Waals surface area contributed by atoms with E-state index in [1.54, 1.807) is 35.6 Å². The molecule has 1 N–H and O–H groups in total. The van der Waals surface area contributed by atoms with Crippen LogP contribution in [0.15, 0.2) is 48.9 Å². The number of hydrogen-bond donors (Lipinski definition) is 1. The van der Waals surface area contributed by atoms with Crippen LogP contribution >= 0.6 is 11.6 Å². The van der Waals surface area contributed by atoms with E-state index < -0.39 is 0 Å². The van der Waals surface area contributed by atoms with Gasteiger partial charge in [0.1, 0.15) is 5.69 Å². The van der Waals surface area contributed by atoms with Crippen LogP contribution in [-0.4, -0.2) is 25.8 Å². The SMILES string of the molecule is O=C(c1ccnc(-c2ncc[nH]2)c1)N1Cc2cccc(Cl)c2C1. The van der Waals surface area contributed by atoms with Gasteiger partial charge in [-0.25, -0.2) is 4.98 Å². The highest BCUT2D eigenvalue weighted by Crippen LogP contribution is 2.30. The molecule has 1 aromatic carbocycles. The van der Waals surface area contributed by atoms with Gasteiger partial charge in [-0.3, -0.25) is 9.78 Å². The molecule has 5 nitrogen and oxygen atoms in total. The van der Waals surface area contributed by atoms with Gasteiger partial charge in [-0.2, -0.15) is 0 Å². The normalized spacial score (nSPS) is 13.2. The van der Waals surface area contributed by atoms with Gasteiger partial charge in [0.2, 0.25) is 0 Å². The first kappa shape index (κ1) is 14.0. The maximum Gasteiger partial charge on any atom is 0.254 e. The number of fused-ring (bicyclic) bond motifs is 1. The van der Waals surface area contributed by atoms with Crippen molar-refractivity contribution in [2.75, 3.05) is 0 Å². The monoisotopic (exact) mass is 324 g/mol. The molecule has 0 bridgehead atoms. The fraction of sp³-hybridized carbons (Fsp3) is 0.118. The Labute approximate surface area is 138 Å². The molecule has 0 atom stereocenters. The number of aromatic amines is 1. The summed E-state index contributed by atoms with van der Waals surface area (Å²) >= 11 is 6.22. The van der Waals surface area contributed by atoms with Crippen molar-refractivity contribution >= 4 is 17.5 Å². The fourth-order valence-corrected chi connectivity index (χ4v) is 3.06.